The molecule has 1 saturated heterocycles. The first kappa shape index (κ1) is 18.1. The van der Waals surface area contributed by atoms with Crippen LogP contribution in [-0.2, 0) is 0 Å². The lowest BCUT2D eigenvalue weighted by molar-refractivity contribution is 0.102. The van der Waals surface area contributed by atoms with E-state index in [1.54, 1.807) is 12.4 Å². The van der Waals surface area contributed by atoms with Gasteiger partial charge in [-0.2, -0.15) is 0 Å². The highest BCUT2D eigenvalue weighted by Gasteiger charge is 2.31. The molecule has 2 atom stereocenters. The van der Waals surface area contributed by atoms with Gasteiger partial charge in [0.05, 0.1) is 23.0 Å². The van der Waals surface area contributed by atoms with Crippen LogP contribution in [0, 0.1) is 11.8 Å². The number of hydrogen-bond donors (Lipinski definition) is 1. The Bertz CT molecular complexity index is 1020. The number of nitrogens with zero attached hydrogens (tertiary/aromatic N) is 3. The van der Waals surface area contributed by atoms with E-state index in [0.29, 0.717) is 11.3 Å². The number of carbonyl (C=O) groups is 1. The number of carbonyl (C=O) groups excluding carboxylic acids is 1. The van der Waals surface area contributed by atoms with Crippen molar-refractivity contribution in [2.45, 2.75) is 32.1 Å². The van der Waals surface area contributed by atoms with Gasteiger partial charge in [-0.05, 0) is 48.9 Å². The Hall–Kier alpha value is -2.95. The number of piperidine rings is 1. The molecule has 1 saturated carbocycles. The van der Waals surface area contributed by atoms with Gasteiger partial charge in [-0.25, -0.2) is 4.98 Å². The quantitative estimate of drug-likeness (QED) is 0.696. The summed E-state index contributed by atoms with van der Waals surface area (Å²) in [6.07, 6.45) is 10.2. The van der Waals surface area contributed by atoms with Crippen LogP contribution in [0.15, 0.2) is 54.9 Å². The minimum absolute atomic E-state index is 0.160. The van der Waals surface area contributed by atoms with E-state index in [1.807, 2.05) is 42.5 Å². The van der Waals surface area contributed by atoms with E-state index in [4.69, 9.17) is 0 Å². The maximum Gasteiger partial charge on any atom is 0.257 e. The third-order valence-corrected chi connectivity index (χ3v) is 6.47. The molecule has 148 valence electrons. The maximum absolute atomic E-state index is 12.6. The molecule has 0 radical (unpaired) electrons. The van der Waals surface area contributed by atoms with Gasteiger partial charge in [0.25, 0.3) is 5.91 Å². The molecule has 1 aromatic carbocycles. The Morgan fingerprint density at radius 2 is 1.83 bits per heavy atom. The van der Waals surface area contributed by atoms with Crippen LogP contribution in [0.4, 0.5) is 11.5 Å². The number of anilines is 2. The van der Waals surface area contributed by atoms with Gasteiger partial charge in [0.2, 0.25) is 0 Å². The Morgan fingerprint density at radius 1 is 0.966 bits per heavy atom. The smallest absolute Gasteiger partial charge is 0.257 e. The van der Waals surface area contributed by atoms with Gasteiger partial charge < -0.3 is 10.2 Å². The molecular formula is C24H26N4O. The molecule has 1 aliphatic heterocycles. The molecule has 5 rings (SSSR count). The number of fused-ring (bicyclic) bond motifs is 2. The van der Waals surface area contributed by atoms with Crippen molar-refractivity contribution < 1.29 is 4.79 Å². The van der Waals surface area contributed by atoms with Crippen LogP contribution < -0.4 is 10.2 Å². The number of rotatable bonds is 3. The second-order valence-electron chi connectivity index (χ2n) is 8.32. The lowest BCUT2D eigenvalue weighted by atomic mass is 9.75. The first-order valence-corrected chi connectivity index (χ1v) is 10.6. The van der Waals surface area contributed by atoms with E-state index in [0.717, 1.165) is 41.6 Å². The molecule has 29 heavy (non-hydrogen) atoms. The van der Waals surface area contributed by atoms with Crippen LogP contribution in [0.5, 0.6) is 0 Å². The Balaban J connectivity index is 1.26. The normalized spacial score (nSPS) is 21.6. The molecule has 1 aliphatic carbocycles. The topological polar surface area (TPSA) is 58.1 Å². The van der Waals surface area contributed by atoms with E-state index < -0.39 is 0 Å². The second-order valence-corrected chi connectivity index (χ2v) is 8.32. The lowest BCUT2D eigenvalue weighted by Crippen LogP contribution is -2.42. The molecule has 2 aromatic heterocycles. The first-order chi connectivity index (χ1) is 14.3. The molecular weight excluding hydrogens is 360 g/mol. The van der Waals surface area contributed by atoms with Crippen LogP contribution in [0.1, 0.15) is 42.5 Å². The van der Waals surface area contributed by atoms with Crippen LogP contribution in [0.2, 0.25) is 0 Å². The van der Waals surface area contributed by atoms with Crippen molar-refractivity contribution in [3.63, 3.8) is 0 Å². The van der Waals surface area contributed by atoms with E-state index in [1.165, 1.54) is 32.1 Å². The zero-order valence-electron chi connectivity index (χ0n) is 16.6. The molecule has 3 heterocycles. The third kappa shape index (κ3) is 3.82. The number of benzene rings is 1. The van der Waals surface area contributed by atoms with Gasteiger partial charge >= 0.3 is 0 Å². The Morgan fingerprint density at radius 3 is 2.69 bits per heavy atom. The molecule has 2 fully saturated rings. The average Bonchev–Trinajstić information content (AvgIpc) is 2.79. The van der Waals surface area contributed by atoms with E-state index in [9.17, 15) is 4.79 Å². The summed E-state index contributed by atoms with van der Waals surface area (Å²) in [5, 5.41) is 3.94. The highest BCUT2D eigenvalue weighted by molar-refractivity contribution is 6.04. The lowest BCUT2D eigenvalue weighted by Gasteiger charge is -2.41. The Kier molecular flexibility index (Phi) is 4.88. The van der Waals surface area contributed by atoms with E-state index in [2.05, 4.69) is 20.2 Å². The summed E-state index contributed by atoms with van der Waals surface area (Å²) in [7, 11) is 0. The molecule has 5 heteroatoms. The van der Waals surface area contributed by atoms with Gasteiger partial charge in [-0.15, -0.1) is 0 Å². The fourth-order valence-electron chi connectivity index (χ4n) is 4.86. The molecule has 0 unspecified atom stereocenters. The second kappa shape index (κ2) is 7.82. The number of aromatic nitrogens is 2. The third-order valence-electron chi connectivity index (χ3n) is 6.47. The van der Waals surface area contributed by atoms with Crippen LogP contribution in [-0.4, -0.2) is 29.0 Å². The zero-order chi connectivity index (χ0) is 19.6. The molecule has 1 N–H and O–H groups in total. The fourth-order valence-corrected chi connectivity index (χ4v) is 4.86. The minimum atomic E-state index is -0.160. The van der Waals surface area contributed by atoms with Gasteiger partial charge in [0.15, 0.2) is 0 Å². The highest BCUT2D eigenvalue weighted by Crippen LogP contribution is 2.37. The zero-order valence-corrected chi connectivity index (χ0v) is 16.6. The van der Waals surface area contributed by atoms with Crippen molar-refractivity contribution in [2.24, 2.45) is 11.8 Å². The van der Waals surface area contributed by atoms with Gasteiger partial charge in [0, 0.05) is 24.7 Å². The predicted octanol–water partition coefficient (Wildman–Crippen LogP) is 4.90. The molecule has 0 bridgehead atoms. The average molecular weight is 386 g/mol. The van der Waals surface area contributed by atoms with Crippen molar-refractivity contribution in [1.82, 2.24) is 9.97 Å². The molecule has 2 aliphatic rings. The van der Waals surface area contributed by atoms with Gasteiger partial charge in [-0.1, -0.05) is 37.5 Å². The SMILES string of the molecule is O=C(Nc1cnc2ccccc2c1)c1ccc(N2CC[C@H]3CCCC[C@@H]3C2)nc1. The summed E-state index contributed by atoms with van der Waals surface area (Å²) in [4.78, 5) is 24.0. The Labute approximate surface area is 171 Å². The molecule has 3 aromatic rings. The maximum atomic E-state index is 12.6. The number of amides is 1. The van der Waals surface area contributed by atoms with Crippen molar-refractivity contribution >= 4 is 28.3 Å². The summed E-state index contributed by atoms with van der Waals surface area (Å²) >= 11 is 0. The fraction of sp³-hybridized carbons (Fsp3) is 0.375. The summed E-state index contributed by atoms with van der Waals surface area (Å²) in [6, 6.07) is 13.7. The summed E-state index contributed by atoms with van der Waals surface area (Å²) in [6.45, 7) is 2.18. The minimum Gasteiger partial charge on any atom is -0.356 e. The van der Waals surface area contributed by atoms with Crippen LogP contribution in [0.25, 0.3) is 10.9 Å². The number of nitrogens with one attached hydrogen (secondary N) is 1. The monoisotopic (exact) mass is 386 g/mol. The largest absolute Gasteiger partial charge is 0.356 e. The molecule has 1 amide bonds. The van der Waals surface area contributed by atoms with Gasteiger partial charge in [-0.3, -0.25) is 9.78 Å². The van der Waals surface area contributed by atoms with Crippen molar-refractivity contribution in [3.05, 3.63) is 60.4 Å². The van der Waals surface area contributed by atoms with Crippen LogP contribution in [0.3, 0.4) is 0 Å². The summed E-state index contributed by atoms with van der Waals surface area (Å²) < 4.78 is 0. The molecule has 0 spiro atoms. The first-order valence-electron chi connectivity index (χ1n) is 10.6. The number of para-hydroxylation sites is 1. The number of hydrogen-bond acceptors (Lipinski definition) is 4. The van der Waals surface area contributed by atoms with Crippen LogP contribution >= 0.6 is 0 Å². The standard InChI is InChI=1S/C24H26N4O/c29-24(27-21-13-18-6-3-4-8-22(18)25-15-21)19-9-10-23(26-14-19)28-12-11-17-5-1-2-7-20(17)16-28/h3-4,6,8-10,13-15,17,20H,1-2,5,7,11-12,16H2,(H,27,29)/t17-,20-/m1/s1. The predicted molar refractivity (Wildman–Crippen MR) is 116 cm³/mol. The summed E-state index contributed by atoms with van der Waals surface area (Å²) in [5.74, 6) is 2.54. The summed E-state index contributed by atoms with van der Waals surface area (Å²) in [5.41, 5.74) is 2.17. The van der Waals surface area contributed by atoms with E-state index >= 15 is 0 Å². The molecule has 5 nitrogen and oxygen atoms in total. The van der Waals surface area contributed by atoms with Crippen molar-refractivity contribution in [1.29, 1.82) is 0 Å². The van der Waals surface area contributed by atoms with E-state index in [-0.39, 0.29) is 5.91 Å². The van der Waals surface area contributed by atoms with Crippen molar-refractivity contribution in [3.8, 4) is 0 Å². The van der Waals surface area contributed by atoms with Crippen molar-refractivity contribution in [2.75, 3.05) is 23.3 Å². The number of pyridine rings is 2. The van der Waals surface area contributed by atoms with Gasteiger partial charge in [0.1, 0.15) is 5.82 Å². The highest BCUT2D eigenvalue weighted by atomic mass is 16.1.